The Balaban J connectivity index is 1.94. The van der Waals surface area contributed by atoms with Gasteiger partial charge in [0, 0.05) is 10.0 Å². The molecule has 1 atom stereocenters. The summed E-state index contributed by atoms with van der Waals surface area (Å²) in [6.07, 6.45) is 1.47. The number of methoxy groups -OCH3 is 1. The van der Waals surface area contributed by atoms with Gasteiger partial charge in [0.2, 0.25) is 5.91 Å². The molecule has 2 N–H and O–H groups in total. The van der Waals surface area contributed by atoms with Gasteiger partial charge in [-0.2, -0.15) is 5.10 Å². The Hall–Kier alpha value is -2.67. The fourth-order valence-corrected chi connectivity index (χ4v) is 2.34. The van der Waals surface area contributed by atoms with E-state index >= 15 is 0 Å². The molecule has 7 heteroatoms. The van der Waals surface area contributed by atoms with Gasteiger partial charge in [-0.05, 0) is 47.1 Å². The van der Waals surface area contributed by atoms with Crippen LogP contribution in [-0.4, -0.2) is 25.1 Å². The molecule has 6 nitrogen and oxygen atoms in total. The van der Waals surface area contributed by atoms with Crippen molar-refractivity contribution in [2.45, 2.75) is 6.92 Å². The smallest absolute Gasteiger partial charge is 0.252 e. The van der Waals surface area contributed by atoms with E-state index in [0.29, 0.717) is 11.4 Å². The Kier molecular flexibility index (Phi) is 6.71. The van der Waals surface area contributed by atoms with Gasteiger partial charge in [-0.25, -0.2) is 5.43 Å². The second kappa shape index (κ2) is 8.98. The fraction of sp³-hybridized carbons (Fsp3) is 0.167. The first-order valence-corrected chi connectivity index (χ1v) is 8.33. The number of ether oxygens (including phenoxy) is 1. The summed E-state index contributed by atoms with van der Waals surface area (Å²) in [7, 11) is 1.55. The maximum atomic E-state index is 12.2. The second-order valence-electron chi connectivity index (χ2n) is 5.17. The van der Waals surface area contributed by atoms with Crippen LogP contribution in [0.1, 0.15) is 12.5 Å². The molecule has 0 saturated carbocycles. The van der Waals surface area contributed by atoms with Crippen molar-refractivity contribution < 1.29 is 14.3 Å². The number of para-hydroxylation sites is 2. The summed E-state index contributed by atoms with van der Waals surface area (Å²) in [5.41, 5.74) is 3.69. The highest BCUT2D eigenvalue weighted by Crippen LogP contribution is 2.21. The van der Waals surface area contributed by atoms with Gasteiger partial charge in [-0.15, -0.1) is 0 Å². The molecule has 0 aliphatic heterocycles. The number of nitrogens with zero attached hydrogens (tertiary/aromatic N) is 1. The van der Waals surface area contributed by atoms with Crippen LogP contribution in [0.3, 0.4) is 0 Å². The number of hydrazone groups is 1. The molecule has 0 saturated heterocycles. The number of benzene rings is 2. The standard InChI is InChI=1S/C18H18BrN3O3/c1-12(17(23)21-15-9-5-4-8-14(15)19)18(24)22-20-11-13-7-3-6-10-16(13)25-2/h3-12H,1-2H3,(H,21,23)(H,22,24). The van der Waals surface area contributed by atoms with E-state index in [4.69, 9.17) is 4.74 Å². The average Bonchev–Trinajstić information content (AvgIpc) is 2.63. The molecule has 0 fully saturated rings. The van der Waals surface area contributed by atoms with Gasteiger partial charge in [-0.1, -0.05) is 24.3 Å². The van der Waals surface area contributed by atoms with Crippen molar-refractivity contribution in [3.05, 3.63) is 58.6 Å². The summed E-state index contributed by atoms with van der Waals surface area (Å²) in [4.78, 5) is 24.3. The molecule has 0 spiro atoms. The van der Waals surface area contributed by atoms with Crippen LogP contribution in [0.15, 0.2) is 58.1 Å². The van der Waals surface area contributed by atoms with E-state index in [0.717, 1.165) is 10.0 Å². The first-order chi connectivity index (χ1) is 12.0. The normalized spacial score (nSPS) is 11.8. The zero-order valence-corrected chi connectivity index (χ0v) is 15.4. The number of amides is 2. The van der Waals surface area contributed by atoms with E-state index < -0.39 is 17.7 Å². The number of hydrogen-bond donors (Lipinski definition) is 2. The quantitative estimate of drug-likeness (QED) is 0.441. The zero-order chi connectivity index (χ0) is 18.2. The summed E-state index contributed by atoms with van der Waals surface area (Å²) < 4.78 is 5.93. The molecule has 0 radical (unpaired) electrons. The zero-order valence-electron chi connectivity index (χ0n) is 13.8. The van der Waals surface area contributed by atoms with Crippen molar-refractivity contribution in [2.75, 3.05) is 12.4 Å². The van der Waals surface area contributed by atoms with Crippen molar-refractivity contribution in [3.63, 3.8) is 0 Å². The molecule has 1 unspecified atom stereocenters. The van der Waals surface area contributed by atoms with E-state index in [1.807, 2.05) is 18.2 Å². The Bertz CT molecular complexity index is 793. The highest BCUT2D eigenvalue weighted by atomic mass is 79.9. The Labute approximate surface area is 154 Å². The number of rotatable bonds is 6. The van der Waals surface area contributed by atoms with Crippen LogP contribution in [0.4, 0.5) is 5.69 Å². The van der Waals surface area contributed by atoms with Gasteiger partial charge >= 0.3 is 0 Å². The summed E-state index contributed by atoms with van der Waals surface area (Å²) in [5.74, 6) is -1.19. The third-order valence-electron chi connectivity index (χ3n) is 3.44. The first kappa shape index (κ1) is 18.7. The summed E-state index contributed by atoms with van der Waals surface area (Å²) in [6, 6.07) is 14.4. The minimum Gasteiger partial charge on any atom is -0.496 e. The van der Waals surface area contributed by atoms with Crippen LogP contribution in [0, 0.1) is 5.92 Å². The largest absolute Gasteiger partial charge is 0.496 e. The topological polar surface area (TPSA) is 79.8 Å². The number of halogens is 1. The monoisotopic (exact) mass is 403 g/mol. The molecule has 0 aromatic heterocycles. The second-order valence-corrected chi connectivity index (χ2v) is 6.02. The van der Waals surface area contributed by atoms with Gasteiger partial charge in [0.1, 0.15) is 11.7 Å². The highest BCUT2D eigenvalue weighted by Gasteiger charge is 2.21. The van der Waals surface area contributed by atoms with Crippen molar-refractivity contribution in [1.82, 2.24) is 5.43 Å². The van der Waals surface area contributed by atoms with Gasteiger partial charge in [0.05, 0.1) is 19.0 Å². The lowest BCUT2D eigenvalue weighted by molar-refractivity contribution is -0.131. The Morgan fingerprint density at radius 3 is 2.52 bits per heavy atom. The van der Waals surface area contributed by atoms with Crippen molar-refractivity contribution >= 4 is 39.6 Å². The van der Waals surface area contributed by atoms with Crippen LogP contribution < -0.4 is 15.5 Å². The van der Waals surface area contributed by atoms with Crippen molar-refractivity contribution in [1.29, 1.82) is 0 Å². The molecule has 2 rings (SSSR count). The predicted octanol–water partition coefficient (Wildman–Crippen LogP) is 3.18. The summed E-state index contributed by atoms with van der Waals surface area (Å²) >= 11 is 3.34. The minimum absolute atomic E-state index is 0.420. The van der Waals surface area contributed by atoms with Gasteiger partial charge in [0.25, 0.3) is 5.91 Å². The van der Waals surface area contributed by atoms with Gasteiger partial charge < -0.3 is 10.1 Å². The lowest BCUT2D eigenvalue weighted by Gasteiger charge is -2.11. The number of carbonyl (C=O) groups is 2. The number of nitrogens with one attached hydrogen (secondary N) is 2. The molecule has 0 aliphatic rings. The molecular weight excluding hydrogens is 386 g/mol. The van der Waals surface area contributed by atoms with Crippen molar-refractivity contribution in [3.8, 4) is 5.75 Å². The lowest BCUT2D eigenvalue weighted by atomic mass is 10.1. The van der Waals surface area contributed by atoms with E-state index in [9.17, 15) is 9.59 Å². The molecule has 130 valence electrons. The third-order valence-corrected chi connectivity index (χ3v) is 4.13. The minimum atomic E-state index is -0.901. The van der Waals surface area contributed by atoms with E-state index in [2.05, 4.69) is 31.8 Å². The maximum absolute atomic E-state index is 12.2. The molecule has 0 aliphatic carbocycles. The Morgan fingerprint density at radius 1 is 1.12 bits per heavy atom. The molecule has 2 aromatic rings. The van der Waals surface area contributed by atoms with Gasteiger partial charge in [0.15, 0.2) is 0 Å². The average molecular weight is 404 g/mol. The van der Waals surface area contributed by atoms with Crippen LogP contribution in [-0.2, 0) is 9.59 Å². The molecule has 2 amide bonds. The van der Waals surface area contributed by atoms with E-state index in [1.165, 1.54) is 13.1 Å². The molecule has 25 heavy (non-hydrogen) atoms. The van der Waals surface area contributed by atoms with Crippen LogP contribution in [0.2, 0.25) is 0 Å². The predicted molar refractivity (Wildman–Crippen MR) is 101 cm³/mol. The molecule has 2 aromatic carbocycles. The van der Waals surface area contributed by atoms with Gasteiger partial charge in [-0.3, -0.25) is 9.59 Å². The first-order valence-electron chi connectivity index (χ1n) is 7.54. The highest BCUT2D eigenvalue weighted by molar-refractivity contribution is 9.10. The van der Waals surface area contributed by atoms with E-state index in [1.54, 1.807) is 37.4 Å². The molecular formula is C18H18BrN3O3. The molecule has 0 bridgehead atoms. The summed E-state index contributed by atoms with van der Waals surface area (Å²) in [5, 5.41) is 6.58. The SMILES string of the molecule is COc1ccccc1C=NNC(=O)C(C)C(=O)Nc1ccccc1Br. The van der Waals surface area contributed by atoms with Crippen LogP contribution >= 0.6 is 15.9 Å². The number of anilines is 1. The third kappa shape index (κ3) is 5.15. The number of carbonyl (C=O) groups excluding carboxylic acids is 2. The van der Waals surface area contributed by atoms with Crippen molar-refractivity contribution in [2.24, 2.45) is 11.0 Å². The molecule has 0 heterocycles. The number of hydrogen-bond acceptors (Lipinski definition) is 4. The van der Waals surface area contributed by atoms with Crippen LogP contribution in [0.5, 0.6) is 5.75 Å². The summed E-state index contributed by atoms with van der Waals surface area (Å²) in [6.45, 7) is 1.51. The lowest BCUT2D eigenvalue weighted by Crippen LogP contribution is -2.34. The fourth-order valence-electron chi connectivity index (χ4n) is 1.96. The Morgan fingerprint density at radius 2 is 1.80 bits per heavy atom. The van der Waals surface area contributed by atoms with E-state index in [-0.39, 0.29) is 0 Å². The van der Waals surface area contributed by atoms with Crippen LogP contribution in [0.25, 0.3) is 0 Å². The maximum Gasteiger partial charge on any atom is 0.252 e.